The number of rotatable bonds is 3. The first kappa shape index (κ1) is 11.2. The molecule has 1 fully saturated rings. The van der Waals surface area contributed by atoms with Crippen LogP contribution in [0.2, 0.25) is 0 Å². The molecule has 7 heteroatoms. The van der Waals surface area contributed by atoms with Crippen LogP contribution in [0.1, 0.15) is 6.92 Å². The van der Waals surface area contributed by atoms with Gasteiger partial charge in [-0.05, 0) is 4.92 Å². The molecule has 0 atom stereocenters. The van der Waals surface area contributed by atoms with Gasteiger partial charge in [0.05, 0.1) is 6.04 Å². The van der Waals surface area contributed by atoms with Crippen molar-refractivity contribution < 1.29 is 9.72 Å². The van der Waals surface area contributed by atoms with Crippen molar-refractivity contribution >= 4 is 12.1 Å². The summed E-state index contributed by atoms with van der Waals surface area (Å²) in [6, 6.07) is 0.0321. The third-order valence-electron chi connectivity index (χ3n) is 2.06. The highest BCUT2D eigenvalue weighted by molar-refractivity contribution is 5.75. The van der Waals surface area contributed by atoms with E-state index >= 15 is 0 Å². The number of likely N-dealkylation sites (tertiary alicyclic amines) is 1. The molecule has 15 heavy (non-hydrogen) atoms. The van der Waals surface area contributed by atoms with E-state index in [0.717, 1.165) is 6.08 Å². The number of amides is 1. The van der Waals surface area contributed by atoms with E-state index in [1.807, 2.05) is 0 Å². The van der Waals surface area contributed by atoms with Crippen LogP contribution in [0.25, 0.3) is 0 Å². The van der Waals surface area contributed by atoms with Crippen molar-refractivity contribution in [2.45, 2.75) is 13.0 Å². The molecule has 0 unspecified atom stereocenters. The van der Waals surface area contributed by atoms with Crippen molar-refractivity contribution in [1.82, 2.24) is 4.90 Å². The molecule has 1 rings (SSSR count). The van der Waals surface area contributed by atoms with Gasteiger partial charge in [-0.1, -0.05) is 0 Å². The summed E-state index contributed by atoms with van der Waals surface area (Å²) in [4.78, 5) is 25.9. The highest BCUT2D eigenvalue weighted by Crippen LogP contribution is 2.10. The van der Waals surface area contributed by atoms with Gasteiger partial charge in [0.15, 0.2) is 0 Å². The number of nitrogens with two attached hydrogens (primary N) is 1. The Morgan fingerprint density at radius 1 is 1.67 bits per heavy atom. The molecule has 0 spiro atoms. The Morgan fingerprint density at radius 3 is 2.73 bits per heavy atom. The predicted octanol–water partition coefficient (Wildman–Crippen LogP) is -0.635. The SMILES string of the molecule is CC(=O)N1CC(N=CC=C(N)[N+](=O)[O-])C1. The molecule has 1 saturated heterocycles. The molecular weight excluding hydrogens is 200 g/mol. The van der Waals surface area contributed by atoms with Crippen LogP contribution >= 0.6 is 0 Å². The second kappa shape index (κ2) is 4.54. The summed E-state index contributed by atoms with van der Waals surface area (Å²) in [6.45, 7) is 2.63. The largest absolute Gasteiger partial charge is 0.358 e. The van der Waals surface area contributed by atoms with Crippen molar-refractivity contribution in [3.8, 4) is 0 Å². The van der Waals surface area contributed by atoms with Gasteiger partial charge >= 0.3 is 5.82 Å². The van der Waals surface area contributed by atoms with E-state index < -0.39 is 10.7 Å². The van der Waals surface area contributed by atoms with Gasteiger partial charge in [-0.25, -0.2) is 0 Å². The summed E-state index contributed by atoms with van der Waals surface area (Å²) in [5.41, 5.74) is 5.04. The molecule has 1 aliphatic heterocycles. The quantitative estimate of drug-likeness (QED) is 0.382. The number of hydrogen-bond acceptors (Lipinski definition) is 5. The third kappa shape index (κ3) is 3.04. The van der Waals surface area contributed by atoms with Gasteiger partial charge in [0.2, 0.25) is 5.91 Å². The zero-order valence-electron chi connectivity index (χ0n) is 8.29. The highest BCUT2D eigenvalue weighted by atomic mass is 16.6. The summed E-state index contributed by atoms with van der Waals surface area (Å²) in [7, 11) is 0. The van der Waals surface area contributed by atoms with Crippen LogP contribution in [0, 0.1) is 10.1 Å². The van der Waals surface area contributed by atoms with Gasteiger partial charge in [-0.3, -0.25) is 15.5 Å². The summed E-state index contributed by atoms with van der Waals surface area (Å²) in [6.07, 6.45) is 2.44. The van der Waals surface area contributed by atoms with Gasteiger partial charge in [0.25, 0.3) is 0 Å². The lowest BCUT2D eigenvalue weighted by Gasteiger charge is -2.35. The van der Waals surface area contributed by atoms with Gasteiger partial charge in [-0.2, -0.15) is 0 Å². The van der Waals surface area contributed by atoms with E-state index in [2.05, 4.69) is 4.99 Å². The lowest BCUT2D eigenvalue weighted by molar-refractivity contribution is -0.426. The Balaban J connectivity index is 2.33. The standard InChI is InChI=1S/C8H12N4O3/c1-6(13)11-4-7(5-11)10-3-2-8(9)12(14)15/h2-3,7H,4-5,9H2,1H3. The maximum atomic E-state index is 10.8. The van der Waals surface area contributed by atoms with E-state index in [0.29, 0.717) is 13.1 Å². The number of aliphatic imine (C=N–C) groups is 1. The fourth-order valence-corrected chi connectivity index (χ4v) is 1.11. The molecule has 0 aromatic rings. The molecule has 1 amide bonds. The molecule has 1 heterocycles. The minimum atomic E-state index is -0.686. The first-order valence-corrected chi connectivity index (χ1v) is 4.39. The summed E-state index contributed by atoms with van der Waals surface area (Å²) < 4.78 is 0. The number of allylic oxidation sites excluding steroid dienone is 1. The van der Waals surface area contributed by atoms with Crippen molar-refractivity contribution in [3.05, 3.63) is 22.0 Å². The van der Waals surface area contributed by atoms with E-state index in [1.54, 1.807) is 4.90 Å². The van der Waals surface area contributed by atoms with E-state index in [1.165, 1.54) is 13.1 Å². The summed E-state index contributed by atoms with van der Waals surface area (Å²) >= 11 is 0. The molecule has 0 bridgehead atoms. The number of hydrogen-bond donors (Lipinski definition) is 1. The number of carbonyl (C=O) groups is 1. The van der Waals surface area contributed by atoms with Gasteiger partial charge < -0.3 is 15.0 Å². The normalized spacial score (nSPS) is 17.9. The zero-order valence-corrected chi connectivity index (χ0v) is 8.29. The monoisotopic (exact) mass is 212 g/mol. The van der Waals surface area contributed by atoms with Gasteiger partial charge in [0, 0.05) is 32.3 Å². The first-order chi connectivity index (χ1) is 7.00. The van der Waals surface area contributed by atoms with Crippen LogP contribution in [0.15, 0.2) is 16.9 Å². The Bertz CT molecular complexity index is 331. The first-order valence-electron chi connectivity index (χ1n) is 4.39. The predicted molar refractivity (Wildman–Crippen MR) is 53.8 cm³/mol. The topological polar surface area (TPSA) is 102 Å². The van der Waals surface area contributed by atoms with Gasteiger partial charge in [-0.15, -0.1) is 0 Å². The molecule has 0 aromatic heterocycles. The van der Waals surface area contributed by atoms with Crippen LogP contribution < -0.4 is 5.73 Å². The van der Waals surface area contributed by atoms with Crippen LogP contribution in [0.4, 0.5) is 0 Å². The molecule has 1 aliphatic rings. The molecule has 0 radical (unpaired) electrons. The Kier molecular flexibility index (Phi) is 3.37. The molecule has 7 nitrogen and oxygen atoms in total. The van der Waals surface area contributed by atoms with Gasteiger partial charge in [0.1, 0.15) is 0 Å². The summed E-state index contributed by atoms with van der Waals surface area (Å²) in [5.74, 6) is -0.428. The van der Waals surface area contributed by atoms with Crippen LogP contribution in [0.3, 0.4) is 0 Å². The Morgan fingerprint density at radius 2 is 2.27 bits per heavy atom. The van der Waals surface area contributed by atoms with E-state index in [9.17, 15) is 14.9 Å². The molecule has 0 saturated carbocycles. The minimum Gasteiger partial charge on any atom is -0.358 e. The number of carbonyl (C=O) groups excluding carboxylic acids is 1. The zero-order chi connectivity index (χ0) is 11.4. The lowest BCUT2D eigenvalue weighted by atomic mass is 10.1. The van der Waals surface area contributed by atoms with Crippen LogP contribution in [-0.2, 0) is 4.79 Å². The van der Waals surface area contributed by atoms with Crippen molar-refractivity contribution in [1.29, 1.82) is 0 Å². The van der Waals surface area contributed by atoms with Crippen molar-refractivity contribution in [2.24, 2.45) is 10.7 Å². The van der Waals surface area contributed by atoms with E-state index in [4.69, 9.17) is 5.73 Å². The summed E-state index contributed by atoms with van der Waals surface area (Å²) in [5, 5.41) is 10.1. The minimum absolute atomic E-state index is 0.0156. The van der Waals surface area contributed by atoms with E-state index in [-0.39, 0.29) is 11.9 Å². The fraction of sp³-hybridized carbons (Fsp3) is 0.500. The molecular formula is C8H12N4O3. The Hall–Kier alpha value is -1.92. The molecule has 82 valence electrons. The fourth-order valence-electron chi connectivity index (χ4n) is 1.11. The molecule has 2 N–H and O–H groups in total. The molecule has 0 aliphatic carbocycles. The maximum Gasteiger partial charge on any atom is 0.315 e. The van der Waals surface area contributed by atoms with Crippen LogP contribution in [-0.4, -0.2) is 41.1 Å². The second-order valence-electron chi connectivity index (χ2n) is 3.22. The third-order valence-corrected chi connectivity index (χ3v) is 2.06. The smallest absolute Gasteiger partial charge is 0.315 e. The second-order valence-corrected chi connectivity index (χ2v) is 3.22. The van der Waals surface area contributed by atoms with Crippen molar-refractivity contribution in [3.63, 3.8) is 0 Å². The van der Waals surface area contributed by atoms with Crippen molar-refractivity contribution in [2.75, 3.05) is 13.1 Å². The molecule has 0 aromatic carbocycles. The maximum absolute atomic E-state index is 10.8. The average molecular weight is 212 g/mol. The van der Waals surface area contributed by atoms with Crippen LogP contribution in [0.5, 0.6) is 0 Å². The number of nitrogens with zero attached hydrogens (tertiary/aromatic N) is 3. The number of nitro groups is 1. The Labute approximate surface area is 86.4 Å². The average Bonchev–Trinajstić information content (AvgIpc) is 2.07. The highest BCUT2D eigenvalue weighted by Gasteiger charge is 2.27. The lowest BCUT2D eigenvalue weighted by Crippen LogP contribution is -2.51.